The van der Waals surface area contributed by atoms with E-state index in [1.807, 2.05) is 0 Å². The maximum absolute atomic E-state index is 9.05. The summed E-state index contributed by atoms with van der Waals surface area (Å²) in [7, 11) is 0. The Morgan fingerprint density at radius 1 is 1.20 bits per heavy atom. The van der Waals surface area contributed by atoms with Crippen LogP contribution in [0.1, 0.15) is 62.3 Å². The molecule has 0 spiro atoms. The highest BCUT2D eigenvalue weighted by Gasteiger charge is 2.13. The van der Waals surface area contributed by atoms with Gasteiger partial charge in [-0.3, -0.25) is 0 Å². The van der Waals surface area contributed by atoms with Gasteiger partial charge >= 0.3 is 0 Å². The van der Waals surface area contributed by atoms with Crippen molar-refractivity contribution in [3.05, 3.63) is 34.9 Å². The van der Waals surface area contributed by atoms with E-state index in [-0.39, 0.29) is 0 Å². The van der Waals surface area contributed by atoms with Gasteiger partial charge in [-0.1, -0.05) is 31.5 Å². The fraction of sp³-hybridized carbons (Fsp3) is 0.667. The van der Waals surface area contributed by atoms with Crippen LogP contribution in [-0.2, 0) is 12.8 Å². The largest absolute Gasteiger partial charge is 0.396 e. The molecule has 0 saturated heterocycles. The highest BCUT2D eigenvalue weighted by molar-refractivity contribution is 5.35. The summed E-state index contributed by atoms with van der Waals surface area (Å²) in [4.78, 5) is 0. The summed E-state index contributed by atoms with van der Waals surface area (Å²) in [5.41, 5.74) is 4.52. The first-order valence-corrected chi connectivity index (χ1v) is 8.20. The molecule has 112 valence electrons. The lowest BCUT2D eigenvalue weighted by Crippen LogP contribution is -2.26. The molecule has 2 atom stereocenters. The smallest absolute Gasteiger partial charge is 0.0434 e. The number of hydrogen-bond acceptors (Lipinski definition) is 2. The number of hydrogen-bond donors (Lipinski definition) is 2. The lowest BCUT2D eigenvalue weighted by molar-refractivity contribution is 0.249. The maximum Gasteiger partial charge on any atom is 0.0434 e. The average molecular weight is 275 g/mol. The average Bonchev–Trinajstić information content (AvgIpc) is 2.50. The molecule has 0 radical (unpaired) electrons. The summed E-state index contributed by atoms with van der Waals surface area (Å²) >= 11 is 0. The number of benzene rings is 1. The van der Waals surface area contributed by atoms with Gasteiger partial charge in [0.15, 0.2) is 0 Å². The first kappa shape index (κ1) is 15.5. The number of rotatable bonds is 7. The standard InChI is InChI=1S/C18H29NO/c1-3-15(10-11-20)13-19-14(2)17-9-8-16-6-4-5-7-18(16)12-17/h8-9,12,14-15,19-20H,3-7,10-11,13H2,1-2H3. The number of nitrogens with one attached hydrogen (secondary N) is 1. The molecule has 2 nitrogen and oxygen atoms in total. The molecule has 1 aliphatic carbocycles. The summed E-state index contributed by atoms with van der Waals surface area (Å²) in [6.45, 7) is 5.74. The zero-order chi connectivity index (χ0) is 14.4. The van der Waals surface area contributed by atoms with Crippen LogP contribution in [0.25, 0.3) is 0 Å². The van der Waals surface area contributed by atoms with E-state index in [1.54, 1.807) is 11.1 Å². The van der Waals surface area contributed by atoms with Gasteiger partial charge < -0.3 is 10.4 Å². The maximum atomic E-state index is 9.05. The fourth-order valence-electron chi connectivity index (χ4n) is 3.12. The highest BCUT2D eigenvalue weighted by Crippen LogP contribution is 2.25. The molecule has 2 rings (SSSR count). The molecule has 0 saturated carbocycles. The topological polar surface area (TPSA) is 32.3 Å². The monoisotopic (exact) mass is 275 g/mol. The Hall–Kier alpha value is -0.860. The van der Waals surface area contributed by atoms with E-state index in [9.17, 15) is 0 Å². The molecule has 0 aromatic heterocycles. The summed E-state index contributed by atoms with van der Waals surface area (Å²) in [5, 5.41) is 12.7. The summed E-state index contributed by atoms with van der Waals surface area (Å²) < 4.78 is 0. The van der Waals surface area contributed by atoms with Gasteiger partial charge in [0, 0.05) is 12.6 Å². The first-order valence-electron chi connectivity index (χ1n) is 8.20. The molecule has 0 amide bonds. The quantitative estimate of drug-likeness (QED) is 0.796. The second-order valence-corrected chi connectivity index (χ2v) is 6.15. The molecule has 0 bridgehead atoms. The fourth-order valence-corrected chi connectivity index (χ4v) is 3.12. The second kappa shape index (κ2) is 7.80. The second-order valence-electron chi connectivity index (χ2n) is 6.15. The van der Waals surface area contributed by atoms with Gasteiger partial charge in [0.1, 0.15) is 0 Å². The van der Waals surface area contributed by atoms with Gasteiger partial charge in [0.25, 0.3) is 0 Å². The van der Waals surface area contributed by atoms with E-state index < -0.39 is 0 Å². The van der Waals surface area contributed by atoms with Gasteiger partial charge in [-0.15, -0.1) is 0 Å². The van der Waals surface area contributed by atoms with Crippen LogP contribution in [0.3, 0.4) is 0 Å². The van der Waals surface area contributed by atoms with Crippen molar-refractivity contribution in [3.63, 3.8) is 0 Å². The molecule has 2 N–H and O–H groups in total. The van der Waals surface area contributed by atoms with E-state index >= 15 is 0 Å². The number of aryl methyl sites for hydroxylation is 2. The number of aliphatic hydroxyl groups is 1. The third kappa shape index (κ3) is 4.07. The van der Waals surface area contributed by atoms with Crippen LogP contribution in [0.4, 0.5) is 0 Å². The van der Waals surface area contributed by atoms with Gasteiger partial charge in [-0.25, -0.2) is 0 Å². The molecular weight excluding hydrogens is 246 g/mol. The Bertz CT molecular complexity index is 416. The highest BCUT2D eigenvalue weighted by atomic mass is 16.3. The van der Waals surface area contributed by atoms with Crippen LogP contribution in [0.2, 0.25) is 0 Å². The van der Waals surface area contributed by atoms with Crippen molar-refractivity contribution in [1.29, 1.82) is 0 Å². The van der Waals surface area contributed by atoms with E-state index in [0.29, 0.717) is 18.6 Å². The van der Waals surface area contributed by atoms with Gasteiger partial charge in [-0.05, 0) is 68.2 Å². The van der Waals surface area contributed by atoms with Crippen molar-refractivity contribution in [2.24, 2.45) is 5.92 Å². The van der Waals surface area contributed by atoms with Crippen molar-refractivity contribution in [2.75, 3.05) is 13.2 Å². The van der Waals surface area contributed by atoms with E-state index in [4.69, 9.17) is 5.11 Å². The van der Waals surface area contributed by atoms with Gasteiger partial charge in [-0.2, -0.15) is 0 Å². The van der Waals surface area contributed by atoms with Crippen LogP contribution in [0.15, 0.2) is 18.2 Å². The molecular formula is C18H29NO. The molecule has 2 unspecified atom stereocenters. The predicted octanol–water partition coefficient (Wildman–Crippen LogP) is 3.62. The Morgan fingerprint density at radius 3 is 2.65 bits per heavy atom. The Kier molecular flexibility index (Phi) is 6.06. The minimum absolute atomic E-state index is 0.299. The Labute approximate surface area is 123 Å². The third-order valence-corrected chi connectivity index (χ3v) is 4.70. The lowest BCUT2D eigenvalue weighted by atomic mass is 9.89. The summed E-state index contributed by atoms with van der Waals surface area (Å²) in [5.74, 6) is 0.583. The Balaban J connectivity index is 1.93. The lowest BCUT2D eigenvalue weighted by Gasteiger charge is -2.22. The molecule has 20 heavy (non-hydrogen) atoms. The van der Waals surface area contributed by atoms with Crippen LogP contribution in [-0.4, -0.2) is 18.3 Å². The Morgan fingerprint density at radius 2 is 1.95 bits per heavy atom. The molecule has 0 heterocycles. The predicted molar refractivity (Wildman–Crippen MR) is 85.0 cm³/mol. The van der Waals surface area contributed by atoms with Gasteiger partial charge in [0.2, 0.25) is 0 Å². The molecule has 0 aliphatic heterocycles. The van der Waals surface area contributed by atoms with Gasteiger partial charge in [0.05, 0.1) is 0 Å². The SMILES string of the molecule is CCC(CCO)CNC(C)c1ccc2c(c1)CCCC2. The van der Waals surface area contributed by atoms with E-state index in [2.05, 4.69) is 37.4 Å². The zero-order valence-electron chi connectivity index (χ0n) is 13.0. The summed E-state index contributed by atoms with van der Waals surface area (Å²) in [6.07, 6.45) is 7.22. The van der Waals surface area contributed by atoms with Crippen LogP contribution in [0.5, 0.6) is 0 Å². The van der Waals surface area contributed by atoms with Crippen molar-refractivity contribution < 1.29 is 5.11 Å². The van der Waals surface area contributed by atoms with E-state index in [1.165, 1.54) is 31.2 Å². The third-order valence-electron chi connectivity index (χ3n) is 4.70. The van der Waals surface area contributed by atoms with Crippen molar-refractivity contribution >= 4 is 0 Å². The van der Waals surface area contributed by atoms with Crippen LogP contribution in [0, 0.1) is 5.92 Å². The van der Waals surface area contributed by atoms with Crippen molar-refractivity contribution in [3.8, 4) is 0 Å². The van der Waals surface area contributed by atoms with Crippen LogP contribution >= 0.6 is 0 Å². The van der Waals surface area contributed by atoms with Crippen molar-refractivity contribution in [1.82, 2.24) is 5.32 Å². The van der Waals surface area contributed by atoms with Crippen molar-refractivity contribution in [2.45, 2.75) is 58.4 Å². The molecule has 1 aromatic carbocycles. The first-order chi connectivity index (χ1) is 9.74. The minimum Gasteiger partial charge on any atom is -0.396 e. The molecule has 1 aliphatic rings. The number of fused-ring (bicyclic) bond motifs is 1. The molecule has 0 fully saturated rings. The normalized spacial score (nSPS) is 17.6. The van der Waals surface area contributed by atoms with Crippen LogP contribution < -0.4 is 5.32 Å². The molecule has 2 heteroatoms. The van der Waals surface area contributed by atoms with E-state index in [0.717, 1.165) is 19.4 Å². The minimum atomic E-state index is 0.299. The molecule has 1 aromatic rings. The summed E-state index contributed by atoms with van der Waals surface area (Å²) in [6, 6.07) is 7.41. The number of aliphatic hydroxyl groups excluding tert-OH is 1. The zero-order valence-corrected chi connectivity index (χ0v) is 13.0.